The summed E-state index contributed by atoms with van der Waals surface area (Å²) in [4.78, 5) is 24.5. The second-order valence-corrected chi connectivity index (χ2v) is 4.29. The first kappa shape index (κ1) is 15.1. The fourth-order valence-electron chi connectivity index (χ4n) is 1.53. The minimum Gasteiger partial charge on any atom is -0.392 e. The van der Waals surface area contributed by atoms with E-state index >= 15 is 0 Å². The van der Waals surface area contributed by atoms with Gasteiger partial charge in [-0.05, 0) is 19.1 Å². The van der Waals surface area contributed by atoms with Crippen molar-refractivity contribution in [2.24, 2.45) is 0 Å². The van der Waals surface area contributed by atoms with Crippen LogP contribution in [0.4, 0.5) is 4.39 Å². The molecule has 0 spiro atoms. The summed E-state index contributed by atoms with van der Waals surface area (Å²) in [5.74, 6) is -1.63. The number of likely N-dealkylation sites (N-methyl/N-ethyl adjacent to an activating group) is 1. The summed E-state index contributed by atoms with van der Waals surface area (Å²) >= 11 is 0. The number of carbonyl (C=O) groups excluding carboxylic acids is 2. The fourth-order valence-corrected chi connectivity index (χ4v) is 1.53. The SMILES string of the molecule is CC(O)CN(C)C(=O)CNC(=O)c1ccccc1F. The lowest BCUT2D eigenvalue weighted by Gasteiger charge is -2.18. The zero-order chi connectivity index (χ0) is 14.4. The largest absolute Gasteiger partial charge is 0.392 e. The van der Waals surface area contributed by atoms with Gasteiger partial charge in [-0.2, -0.15) is 0 Å². The monoisotopic (exact) mass is 268 g/mol. The second kappa shape index (κ2) is 6.84. The predicted octanol–water partition coefficient (Wildman–Crippen LogP) is 0.395. The van der Waals surface area contributed by atoms with Gasteiger partial charge >= 0.3 is 0 Å². The summed E-state index contributed by atoms with van der Waals surface area (Å²) in [7, 11) is 1.52. The van der Waals surface area contributed by atoms with Gasteiger partial charge < -0.3 is 15.3 Å². The Morgan fingerprint density at radius 3 is 2.63 bits per heavy atom. The van der Waals surface area contributed by atoms with Crippen LogP contribution in [0.3, 0.4) is 0 Å². The molecule has 6 heteroatoms. The van der Waals surface area contributed by atoms with Gasteiger partial charge in [0.05, 0.1) is 18.2 Å². The second-order valence-electron chi connectivity index (χ2n) is 4.29. The maximum Gasteiger partial charge on any atom is 0.254 e. The molecule has 0 radical (unpaired) electrons. The smallest absolute Gasteiger partial charge is 0.254 e. The van der Waals surface area contributed by atoms with E-state index in [4.69, 9.17) is 5.11 Å². The molecule has 0 heterocycles. The minimum atomic E-state index is -0.642. The molecule has 0 bridgehead atoms. The standard InChI is InChI=1S/C13H17FN2O3/c1-9(17)8-16(2)12(18)7-15-13(19)10-5-3-4-6-11(10)14/h3-6,9,17H,7-8H2,1-2H3,(H,15,19). The first-order chi connectivity index (χ1) is 8.91. The molecule has 0 aliphatic rings. The lowest BCUT2D eigenvalue weighted by molar-refractivity contribution is -0.129. The molecule has 0 saturated heterocycles. The van der Waals surface area contributed by atoms with Crippen molar-refractivity contribution in [3.05, 3.63) is 35.6 Å². The molecule has 0 aliphatic heterocycles. The number of benzene rings is 1. The molecular weight excluding hydrogens is 251 g/mol. The molecule has 1 aromatic rings. The maximum atomic E-state index is 13.3. The minimum absolute atomic E-state index is 0.103. The van der Waals surface area contributed by atoms with E-state index < -0.39 is 17.8 Å². The van der Waals surface area contributed by atoms with Crippen molar-refractivity contribution in [1.82, 2.24) is 10.2 Å². The zero-order valence-electron chi connectivity index (χ0n) is 10.9. The van der Waals surface area contributed by atoms with E-state index in [0.717, 1.165) is 0 Å². The number of aliphatic hydroxyl groups excluding tert-OH is 1. The average molecular weight is 268 g/mol. The molecule has 1 atom stereocenters. The van der Waals surface area contributed by atoms with Crippen LogP contribution in [0, 0.1) is 5.82 Å². The van der Waals surface area contributed by atoms with Gasteiger partial charge in [0, 0.05) is 13.6 Å². The molecule has 2 N–H and O–H groups in total. The zero-order valence-corrected chi connectivity index (χ0v) is 10.9. The molecule has 0 aromatic heterocycles. The van der Waals surface area contributed by atoms with Crippen LogP contribution in [-0.4, -0.2) is 48.1 Å². The highest BCUT2D eigenvalue weighted by Gasteiger charge is 2.14. The third-order valence-corrected chi connectivity index (χ3v) is 2.48. The van der Waals surface area contributed by atoms with Crippen molar-refractivity contribution in [2.45, 2.75) is 13.0 Å². The summed E-state index contributed by atoms with van der Waals surface area (Å²) < 4.78 is 13.3. The van der Waals surface area contributed by atoms with Crippen LogP contribution < -0.4 is 5.32 Å². The van der Waals surface area contributed by atoms with Gasteiger partial charge in [-0.1, -0.05) is 12.1 Å². The van der Waals surface area contributed by atoms with Gasteiger partial charge in [0.2, 0.25) is 5.91 Å². The van der Waals surface area contributed by atoms with Gasteiger partial charge in [-0.25, -0.2) is 4.39 Å². The Hall–Kier alpha value is -1.95. The van der Waals surface area contributed by atoms with Gasteiger partial charge in [0.1, 0.15) is 5.82 Å². The summed E-state index contributed by atoms with van der Waals surface area (Å²) in [5.41, 5.74) is -0.103. The van der Waals surface area contributed by atoms with E-state index in [2.05, 4.69) is 5.32 Å². The van der Waals surface area contributed by atoms with E-state index in [9.17, 15) is 14.0 Å². The van der Waals surface area contributed by atoms with Crippen molar-refractivity contribution in [2.75, 3.05) is 20.1 Å². The van der Waals surface area contributed by atoms with Crippen molar-refractivity contribution in [3.63, 3.8) is 0 Å². The average Bonchev–Trinajstić information content (AvgIpc) is 2.35. The van der Waals surface area contributed by atoms with Crippen molar-refractivity contribution in [1.29, 1.82) is 0 Å². The van der Waals surface area contributed by atoms with E-state index in [1.807, 2.05) is 0 Å². The van der Waals surface area contributed by atoms with E-state index in [1.54, 1.807) is 13.0 Å². The highest BCUT2D eigenvalue weighted by molar-refractivity contribution is 5.96. The topological polar surface area (TPSA) is 69.6 Å². The molecule has 104 valence electrons. The Bertz CT molecular complexity index is 463. The van der Waals surface area contributed by atoms with Gasteiger partial charge in [0.25, 0.3) is 5.91 Å². The number of aliphatic hydroxyl groups is 1. The van der Waals surface area contributed by atoms with Crippen LogP contribution in [0.25, 0.3) is 0 Å². The number of rotatable bonds is 5. The Morgan fingerprint density at radius 2 is 2.05 bits per heavy atom. The molecule has 1 rings (SSSR count). The third-order valence-electron chi connectivity index (χ3n) is 2.48. The van der Waals surface area contributed by atoms with Crippen molar-refractivity contribution < 1.29 is 19.1 Å². The summed E-state index contributed by atoms with van der Waals surface area (Å²) in [6, 6.07) is 5.54. The third kappa shape index (κ3) is 4.67. The van der Waals surface area contributed by atoms with Crippen LogP contribution in [0.5, 0.6) is 0 Å². The first-order valence-corrected chi connectivity index (χ1v) is 5.86. The first-order valence-electron chi connectivity index (χ1n) is 5.86. The molecule has 19 heavy (non-hydrogen) atoms. The molecule has 0 fully saturated rings. The van der Waals surface area contributed by atoms with Crippen LogP contribution >= 0.6 is 0 Å². The van der Waals surface area contributed by atoms with Gasteiger partial charge in [-0.15, -0.1) is 0 Å². The Labute approximate surface area is 111 Å². The number of halogens is 1. The van der Waals surface area contributed by atoms with Gasteiger partial charge in [-0.3, -0.25) is 9.59 Å². The number of nitrogens with one attached hydrogen (secondary N) is 1. The highest BCUT2D eigenvalue weighted by atomic mass is 19.1. The summed E-state index contributed by atoms with van der Waals surface area (Å²) in [5, 5.41) is 11.5. The summed E-state index contributed by atoms with van der Waals surface area (Å²) in [6.45, 7) is 1.49. The quantitative estimate of drug-likeness (QED) is 0.812. The van der Waals surface area contributed by atoms with Crippen LogP contribution in [-0.2, 0) is 4.79 Å². The fraction of sp³-hybridized carbons (Fsp3) is 0.385. The van der Waals surface area contributed by atoms with Crippen molar-refractivity contribution >= 4 is 11.8 Å². The number of hydrogen-bond acceptors (Lipinski definition) is 3. The van der Waals surface area contributed by atoms with E-state index in [1.165, 1.54) is 30.1 Å². The molecule has 1 aromatic carbocycles. The number of amides is 2. The van der Waals surface area contributed by atoms with Crippen LogP contribution in [0.15, 0.2) is 24.3 Å². The van der Waals surface area contributed by atoms with Crippen LogP contribution in [0.1, 0.15) is 17.3 Å². The molecule has 0 saturated carbocycles. The molecule has 1 unspecified atom stereocenters. The predicted molar refractivity (Wildman–Crippen MR) is 68.1 cm³/mol. The Kier molecular flexibility index (Phi) is 5.44. The lowest BCUT2D eigenvalue weighted by Crippen LogP contribution is -2.40. The molecule has 2 amide bonds. The van der Waals surface area contributed by atoms with Crippen molar-refractivity contribution in [3.8, 4) is 0 Å². The Morgan fingerprint density at radius 1 is 1.42 bits per heavy atom. The number of carbonyl (C=O) groups is 2. The van der Waals surface area contributed by atoms with E-state index in [-0.39, 0.29) is 24.6 Å². The number of hydrogen-bond donors (Lipinski definition) is 2. The number of nitrogens with zero attached hydrogens (tertiary/aromatic N) is 1. The Balaban J connectivity index is 2.51. The van der Waals surface area contributed by atoms with Crippen LogP contribution in [0.2, 0.25) is 0 Å². The lowest BCUT2D eigenvalue weighted by atomic mass is 10.2. The van der Waals surface area contributed by atoms with Gasteiger partial charge in [0.15, 0.2) is 0 Å². The molecular formula is C13H17FN2O3. The normalized spacial score (nSPS) is 11.8. The molecule has 0 aliphatic carbocycles. The maximum absolute atomic E-state index is 13.3. The van der Waals surface area contributed by atoms with E-state index in [0.29, 0.717) is 0 Å². The summed E-state index contributed by atoms with van der Waals surface area (Å²) in [6.07, 6.45) is -0.642. The highest BCUT2D eigenvalue weighted by Crippen LogP contribution is 2.05. The molecule has 5 nitrogen and oxygen atoms in total.